The molecule has 0 aliphatic rings. The Kier molecular flexibility index (Phi) is 6.43. The van der Waals surface area contributed by atoms with Crippen LogP contribution in [-0.2, 0) is 4.79 Å². The van der Waals surface area contributed by atoms with Crippen molar-refractivity contribution in [1.29, 1.82) is 0 Å². The zero-order chi connectivity index (χ0) is 13.4. The number of carbonyl (C=O) groups is 2. The molecule has 1 aromatic heterocycles. The van der Waals surface area contributed by atoms with Gasteiger partial charge in [0.1, 0.15) is 0 Å². The van der Waals surface area contributed by atoms with Crippen LogP contribution in [0.4, 0.5) is 0 Å². The van der Waals surface area contributed by atoms with Crippen LogP contribution in [0.1, 0.15) is 36.4 Å². The Labute approximate surface area is 112 Å². The minimum Gasteiger partial charge on any atom is -0.356 e. The second kappa shape index (κ2) is 7.87. The van der Waals surface area contributed by atoms with Crippen molar-refractivity contribution in [2.24, 2.45) is 5.92 Å². The van der Waals surface area contributed by atoms with E-state index in [-0.39, 0.29) is 11.8 Å². The van der Waals surface area contributed by atoms with Crippen LogP contribution in [0.2, 0.25) is 0 Å². The van der Waals surface area contributed by atoms with E-state index >= 15 is 0 Å². The maximum atomic E-state index is 11.6. The normalized spacial score (nSPS) is 10.4. The molecule has 1 aromatic rings. The molecule has 0 fully saturated rings. The van der Waals surface area contributed by atoms with Crippen LogP contribution in [0.5, 0.6) is 0 Å². The van der Waals surface area contributed by atoms with E-state index in [0.29, 0.717) is 36.7 Å². The summed E-state index contributed by atoms with van der Waals surface area (Å²) in [6.45, 7) is 5.36. The lowest BCUT2D eigenvalue weighted by Crippen LogP contribution is -2.29. The molecule has 1 rings (SSSR count). The van der Waals surface area contributed by atoms with E-state index < -0.39 is 0 Å². The van der Waals surface area contributed by atoms with Gasteiger partial charge in [-0.25, -0.2) is 0 Å². The number of thiophene rings is 1. The highest BCUT2D eigenvalue weighted by Crippen LogP contribution is 2.07. The van der Waals surface area contributed by atoms with Gasteiger partial charge in [0.05, 0.1) is 4.88 Å². The summed E-state index contributed by atoms with van der Waals surface area (Å²) in [6, 6.07) is 3.63. The quantitative estimate of drug-likeness (QED) is 0.743. The molecule has 0 aromatic carbocycles. The van der Waals surface area contributed by atoms with Crippen molar-refractivity contribution in [2.45, 2.75) is 26.7 Å². The molecule has 0 radical (unpaired) electrons. The van der Waals surface area contributed by atoms with E-state index in [9.17, 15) is 9.59 Å². The molecule has 0 saturated carbocycles. The number of hydrogen-bond donors (Lipinski definition) is 2. The Morgan fingerprint density at radius 2 is 2.11 bits per heavy atom. The Hall–Kier alpha value is -1.36. The number of carbonyl (C=O) groups excluding carboxylic acids is 2. The van der Waals surface area contributed by atoms with Crippen molar-refractivity contribution < 1.29 is 9.59 Å². The van der Waals surface area contributed by atoms with Gasteiger partial charge in [0.15, 0.2) is 0 Å². The molecule has 0 aliphatic heterocycles. The Morgan fingerprint density at radius 1 is 1.33 bits per heavy atom. The van der Waals surface area contributed by atoms with E-state index in [1.807, 2.05) is 11.4 Å². The fraction of sp³-hybridized carbons (Fsp3) is 0.538. The fourth-order valence-electron chi connectivity index (χ4n) is 1.35. The predicted molar refractivity (Wildman–Crippen MR) is 73.7 cm³/mol. The fourth-order valence-corrected chi connectivity index (χ4v) is 1.99. The molecule has 0 saturated heterocycles. The van der Waals surface area contributed by atoms with Crippen molar-refractivity contribution in [1.82, 2.24) is 10.6 Å². The summed E-state index contributed by atoms with van der Waals surface area (Å²) < 4.78 is 0. The molecule has 0 unspecified atom stereocenters. The summed E-state index contributed by atoms with van der Waals surface area (Å²) in [5.41, 5.74) is 0. The topological polar surface area (TPSA) is 58.2 Å². The van der Waals surface area contributed by atoms with Crippen molar-refractivity contribution in [3.05, 3.63) is 22.4 Å². The Bertz CT molecular complexity index is 374. The zero-order valence-electron chi connectivity index (χ0n) is 10.9. The minimum absolute atomic E-state index is 0.0501. The number of rotatable bonds is 7. The molecule has 0 bridgehead atoms. The van der Waals surface area contributed by atoms with Crippen molar-refractivity contribution in [3.63, 3.8) is 0 Å². The average Bonchev–Trinajstić information content (AvgIpc) is 2.85. The van der Waals surface area contributed by atoms with Gasteiger partial charge in [-0.1, -0.05) is 19.9 Å². The van der Waals surface area contributed by atoms with Gasteiger partial charge in [-0.15, -0.1) is 11.3 Å². The average molecular weight is 268 g/mol. The van der Waals surface area contributed by atoms with Gasteiger partial charge in [-0.2, -0.15) is 0 Å². The van der Waals surface area contributed by atoms with Crippen LogP contribution in [0.25, 0.3) is 0 Å². The third kappa shape index (κ3) is 5.82. The largest absolute Gasteiger partial charge is 0.356 e. The number of hydrogen-bond acceptors (Lipinski definition) is 3. The Morgan fingerprint density at radius 3 is 2.72 bits per heavy atom. The van der Waals surface area contributed by atoms with Crippen molar-refractivity contribution in [2.75, 3.05) is 13.1 Å². The van der Waals surface area contributed by atoms with Gasteiger partial charge in [0, 0.05) is 19.5 Å². The summed E-state index contributed by atoms with van der Waals surface area (Å²) >= 11 is 1.42. The Balaban J connectivity index is 2.08. The van der Waals surface area contributed by atoms with Crippen LogP contribution in [0.3, 0.4) is 0 Å². The van der Waals surface area contributed by atoms with Gasteiger partial charge in [-0.3, -0.25) is 9.59 Å². The molecule has 4 nitrogen and oxygen atoms in total. The third-order valence-corrected chi connectivity index (χ3v) is 3.19. The van der Waals surface area contributed by atoms with Gasteiger partial charge in [-0.05, 0) is 23.8 Å². The van der Waals surface area contributed by atoms with Crippen LogP contribution in [0, 0.1) is 5.92 Å². The van der Waals surface area contributed by atoms with E-state index in [1.54, 1.807) is 6.07 Å². The monoisotopic (exact) mass is 268 g/mol. The molecule has 1 heterocycles. The molecule has 0 aliphatic carbocycles. The van der Waals surface area contributed by atoms with E-state index in [1.165, 1.54) is 11.3 Å². The van der Waals surface area contributed by atoms with E-state index in [4.69, 9.17) is 0 Å². The molecule has 5 heteroatoms. The second-order valence-electron chi connectivity index (χ2n) is 4.53. The predicted octanol–water partition coefficient (Wildman–Crippen LogP) is 2.03. The first-order chi connectivity index (χ1) is 8.59. The SMILES string of the molecule is CC(C)CNC(=O)CCCNC(=O)c1cccs1. The van der Waals surface area contributed by atoms with Crippen LogP contribution in [-0.4, -0.2) is 24.9 Å². The minimum atomic E-state index is -0.0624. The first kappa shape index (κ1) is 14.7. The maximum absolute atomic E-state index is 11.6. The molecule has 0 spiro atoms. The molecule has 100 valence electrons. The lowest BCUT2D eigenvalue weighted by molar-refractivity contribution is -0.121. The van der Waals surface area contributed by atoms with Crippen molar-refractivity contribution >= 4 is 23.2 Å². The lowest BCUT2D eigenvalue weighted by atomic mass is 10.2. The summed E-state index contributed by atoms with van der Waals surface area (Å²) in [7, 11) is 0. The molecule has 18 heavy (non-hydrogen) atoms. The van der Waals surface area contributed by atoms with Gasteiger partial charge in [0.2, 0.25) is 5.91 Å². The highest BCUT2D eigenvalue weighted by atomic mass is 32.1. The van der Waals surface area contributed by atoms with Gasteiger partial charge < -0.3 is 10.6 Å². The second-order valence-corrected chi connectivity index (χ2v) is 5.48. The lowest BCUT2D eigenvalue weighted by Gasteiger charge is -2.07. The van der Waals surface area contributed by atoms with Crippen LogP contribution in [0.15, 0.2) is 17.5 Å². The first-order valence-corrected chi connectivity index (χ1v) is 7.06. The summed E-state index contributed by atoms with van der Waals surface area (Å²) in [5.74, 6) is 0.453. The first-order valence-electron chi connectivity index (χ1n) is 6.18. The summed E-state index contributed by atoms with van der Waals surface area (Å²) in [5, 5.41) is 7.51. The molecule has 2 N–H and O–H groups in total. The highest BCUT2D eigenvalue weighted by Gasteiger charge is 2.06. The smallest absolute Gasteiger partial charge is 0.261 e. The van der Waals surface area contributed by atoms with Crippen LogP contribution >= 0.6 is 11.3 Å². The zero-order valence-corrected chi connectivity index (χ0v) is 11.7. The molecule has 0 atom stereocenters. The molecular formula is C13H20N2O2S. The van der Waals surface area contributed by atoms with Gasteiger partial charge in [0.25, 0.3) is 5.91 Å². The highest BCUT2D eigenvalue weighted by molar-refractivity contribution is 7.12. The summed E-state index contributed by atoms with van der Waals surface area (Å²) in [4.78, 5) is 23.7. The maximum Gasteiger partial charge on any atom is 0.261 e. The third-order valence-electron chi connectivity index (χ3n) is 2.32. The van der Waals surface area contributed by atoms with Crippen molar-refractivity contribution in [3.8, 4) is 0 Å². The molecule has 2 amide bonds. The van der Waals surface area contributed by atoms with E-state index in [0.717, 1.165) is 0 Å². The van der Waals surface area contributed by atoms with Gasteiger partial charge >= 0.3 is 0 Å². The molecular weight excluding hydrogens is 248 g/mol. The van der Waals surface area contributed by atoms with Crippen LogP contribution < -0.4 is 10.6 Å². The van der Waals surface area contributed by atoms with E-state index in [2.05, 4.69) is 24.5 Å². The number of amides is 2. The standard InChI is InChI=1S/C13H20N2O2S/c1-10(2)9-15-12(16)6-3-7-14-13(17)11-5-4-8-18-11/h4-5,8,10H,3,6-7,9H2,1-2H3,(H,14,17)(H,15,16). The number of nitrogens with one attached hydrogen (secondary N) is 2. The summed E-state index contributed by atoms with van der Waals surface area (Å²) in [6.07, 6.45) is 1.12.